The Labute approximate surface area is 151 Å². The third-order valence-corrected chi connectivity index (χ3v) is 7.30. The minimum Gasteiger partial charge on any atom is -0.309 e. The van der Waals surface area contributed by atoms with Crippen LogP contribution < -0.4 is 15.9 Å². The molecule has 128 valence electrons. The molecule has 0 amide bonds. The van der Waals surface area contributed by atoms with Crippen molar-refractivity contribution in [1.82, 2.24) is 0 Å². The molecule has 3 aromatic carbocycles. The molecule has 0 fully saturated rings. The first-order chi connectivity index (χ1) is 11.9. The van der Waals surface area contributed by atoms with Crippen LogP contribution in [0.1, 0.15) is 26.3 Å². The van der Waals surface area contributed by atoms with Gasteiger partial charge in [0.2, 0.25) is 0 Å². The fraction of sp³-hybridized carbons (Fsp3) is 0.217. The molecule has 0 unspecified atom stereocenters. The van der Waals surface area contributed by atoms with Crippen molar-refractivity contribution in [2.75, 3.05) is 0 Å². The Morgan fingerprint density at radius 3 is 1.64 bits per heavy atom. The van der Waals surface area contributed by atoms with Crippen LogP contribution in [0.3, 0.4) is 0 Å². The Bertz CT molecular complexity index is 833. The SMILES string of the molecule is CC(C)(C)Cc1cccc(P(=O)(c2ccccc2)c2ccccc2)c1. The van der Waals surface area contributed by atoms with E-state index in [0.29, 0.717) is 0 Å². The van der Waals surface area contributed by atoms with Crippen LogP contribution in [0.25, 0.3) is 0 Å². The van der Waals surface area contributed by atoms with E-state index >= 15 is 0 Å². The van der Waals surface area contributed by atoms with Crippen molar-refractivity contribution in [3.8, 4) is 0 Å². The Hall–Kier alpha value is -2.11. The summed E-state index contributed by atoms with van der Waals surface area (Å²) in [4.78, 5) is 0. The highest BCUT2D eigenvalue weighted by molar-refractivity contribution is 7.85. The van der Waals surface area contributed by atoms with E-state index in [1.165, 1.54) is 5.56 Å². The van der Waals surface area contributed by atoms with Crippen molar-refractivity contribution in [2.24, 2.45) is 5.41 Å². The summed E-state index contributed by atoms with van der Waals surface area (Å²) in [7, 11) is -2.87. The maximum atomic E-state index is 14.3. The third kappa shape index (κ3) is 3.94. The van der Waals surface area contributed by atoms with Crippen LogP contribution in [-0.4, -0.2) is 0 Å². The molecule has 3 aromatic rings. The predicted molar refractivity (Wildman–Crippen MR) is 109 cm³/mol. The zero-order chi connectivity index (χ0) is 17.9. The highest BCUT2D eigenvalue weighted by atomic mass is 31.2. The summed E-state index contributed by atoms with van der Waals surface area (Å²) in [6.45, 7) is 6.69. The van der Waals surface area contributed by atoms with Gasteiger partial charge < -0.3 is 4.57 Å². The molecule has 0 aliphatic rings. The zero-order valence-corrected chi connectivity index (χ0v) is 16.0. The monoisotopic (exact) mass is 348 g/mol. The van der Waals surface area contributed by atoms with Gasteiger partial charge in [0.05, 0.1) is 0 Å². The molecular weight excluding hydrogens is 323 g/mol. The largest absolute Gasteiger partial charge is 0.309 e. The quantitative estimate of drug-likeness (QED) is 0.612. The minimum atomic E-state index is -2.87. The lowest BCUT2D eigenvalue weighted by Gasteiger charge is -2.22. The minimum absolute atomic E-state index is 0.197. The Balaban J connectivity index is 2.17. The Kier molecular flexibility index (Phi) is 4.97. The summed E-state index contributed by atoms with van der Waals surface area (Å²) < 4.78 is 14.3. The van der Waals surface area contributed by atoms with Crippen molar-refractivity contribution in [1.29, 1.82) is 0 Å². The van der Waals surface area contributed by atoms with Gasteiger partial charge in [0.25, 0.3) is 0 Å². The molecular formula is C23H25OP. The van der Waals surface area contributed by atoms with Gasteiger partial charge in [0.1, 0.15) is 0 Å². The van der Waals surface area contributed by atoms with E-state index in [4.69, 9.17) is 0 Å². The van der Waals surface area contributed by atoms with E-state index in [-0.39, 0.29) is 5.41 Å². The second-order valence-corrected chi connectivity index (χ2v) is 10.5. The summed E-state index contributed by atoms with van der Waals surface area (Å²) in [5.41, 5.74) is 1.43. The first-order valence-corrected chi connectivity index (χ1v) is 10.4. The molecule has 0 N–H and O–H groups in total. The van der Waals surface area contributed by atoms with Crippen molar-refractivity contribution in [2.45, 2.75) is 27.2 Å². The average molecular weight is 348 g/mol. The highest BCUT2D eigenvalue weighted by Crippen LogP contribution is 2.42. The molecule has 1 nitrogen and oxygen atoms in total. The van der Waals surface area contributed by atoms with Crippen LogP contribution in [0, 0.1) is 5.41 Å². The average Bonchev–Trinajstić information content (AvgIpc) is 2.61. The van der Waals surface area contributed by atoms with Gasteiger partial charge in [-0.1, -0.05) is 99.6 Å². The van der Waals surface area contributed by atoms with Crippen LogP contribution >= 0.6 is 7.14 Å². The number of hydrogen-bond donors (Lipinski definition) is 0. The fourth-order valence-corrected chi connectivity index (χ4v) is 5.92. The van der Waals surface area contributed by atoms with Crippen molar-refractivity contribution >= 4 is 23.1 Å². The van der Waals surface area contributed by atoms with Gasteiger partial charge in [0, 0.05) is 15.9 Å². The molecule has 0 saturated carbocycles. The van der Waals surface area contributed by atoms with Crippen LogP contribution in [0.2, 0.25) is 0 Å². The molecule has 0 radical (unpaired) electrons. The number of hydrogen-bond acceptors (Lipinski definition) is 1. The van der Waals surface area contributed by atoms with Crippen LogP contribution in [0.15, 0.2) is 84.9 Å². The second-order valence-electron chi connectivity index (χ2n) is 7.69. The molecule has 0 aliphatic heterocycles. The first kappa shape index (κ1) is 17.7. The lowest BCUT2D eigenvalue weighted by atomic mass is 9.88. The molecule has 25 heavy (non-hydrogen) atoms. The molecule has 0 spiro atoms. The van der Waals surface area contributed by atoms with E-state index in [2.05, 4.69) is 32.9 Å². The number of benzene rings is 3. The standard InChI is InChI=1S/C23H25OP/c1-23(2,3)18-19-11-10-16-22(17-19)25(24,20-12-6-4-7-13-20)21-14-8-5-9-15-21/h4-17H,18H2,1-3H3. The molecule has 0 aromatic heterocycles. The molecule has 3 rings (SSSR count). The van der Waals surface area contributed by atoms with Crippen LogP contribution in [0.4, 0.5) is 0 Å². The normalized spacial score (nSPS) is 12.1. The first-order valence-electron chi connectivity index (χ1n) is 8.70. The van der Waals surface area contributed by atoms with Gasteiger partial charge >= 0.3 is 0 Å². The van der Waals surface area contributed by atoms with Gasteiger partial charge in [-0.2, -0.15) is 0 Å². The maximum Gasteiger partial charge on any atom is 0.171 e. The van der Waals surface area contributed by atoms with Crippen LogP contribution in [0.5, 0.6) is 0 Å². The fourth-order valence-electron chi connectivity index (χ4n) is 3.20. The Morgan fingerprint density at radius 1 is 0.680 bits per heavy atom. The van der Waals surface area contributed by atoms with Gasteiger partial charge in [-0.05, 0) is 23.5 Å². The maximum absolute atomic E-state index is 14.3. The van der Waals surface area contributed by atoms with E-state index in [1.54, 1.807) is 0 Å². The molecule has 0 saturated heterocycles. The summed E-state index contributed by atoms with van der Waals surface area (Å²) in [6.07, 6.45) is 0.963. The van der Waals surface area contributed by atoms with Crippen molar-refractivity contribution in [3.05, 3.63) is 90.5 Å². The lowest BCUT2D eigenvalue weighted by molar-refractivity contribution is 0.411. The lowest BCUT2D eigenvalue weighted by Crippen LogP contribution is -2.25. The molecule has 0 heterocycles. The predicted octanol–water partition coefficient (Wildman–Crippen LogP) is 4.91. The van der Waals surface area contributed by atoms with E-state index in [9.17, 15) is 4.57 Å². The second kappa shape index (κ2) is 7.02. The molecule has 2 heteroatoms. The summed E-state index contributed by atoms with van der Waals surface area (Å²) in [5, 5.41) is 2.68. The van der Waals surface area contributed by atoms with E-state index < -0.39 is 7.14 Å². The Morgan fingerprint density at radius 2 is 1.16 bits per heavy atom. The van der Waals surface area contributed by atoms with Gasteiger partial charge in [-0.15, -0.1) is 0 Å². The number of rotatable bonds is 4. The van der Waals surface area contributed by atoms with Crippen molar-refractivity contribution in [3.63, 3.8) is 0 Å². The van der Waals surface area contributed by atoms with Crippen LogP contribution in [-0.2, 0) is 11.0 Å². The molecule has 0 bridgehead atoms. The topological polar surface area (TPSA) is 17.1 Å². The highest BCUT2D eigenvalue weighted by Gasteiger charge is 2.29. The smallest absolute Gasteiger partial charge is 0.171 e. The van der Waals surface area contributed by atoms with Gasteiger partial charge in [0.15, 0.2) is 7.14 Å². The summed E-state index contributed by atoms with van der Waals surface area (Å²) in [6, 6.07) is 28.0. The molecule has 0 atom stereocenters. The van der Waals surface area contributed by atoms with Gasteiger partial charge in [-0.3, -0.25) is 0 Å². The van der Waals surface area contributed by atoms with E-state index in [1.807, 2.05) is 72.8 Å². The summed E-state index contributed by atoms with van der Waals surface area (Å²) >= 11 is 0. The summed E-state index contributed by atoms with van der Waals surface area (Å²) in [5.74, 6) is 0. The van der Waals surface area contributed by atoms with Crippen molar-refractivity contribution < 1.29 is 4.57 Å². The van der Waals surface area contributed by atoms with E-state index in [0.717, 1.165) is 22.3 Å². The third-order valence-electron chi connectivity index (χ3n) is 4.25. The molecule has 0 aliphatic carbocycles. The zero-order valence-electron chi connectivity index (χ0n) is 15.1. The van der Waals surface area contributed by atoms with Gasteiger partial charge in [-0.25, -0.2) is 0 Å².